The van der Waals surface area contributed by atoms with Crippen LogP contribution in [0.4, 0.5) is 4.79 Å². The summed E-state index contributed by atoms with van der Waals surface area (Å²) in [5, 5.41) is 10.2. The van der Waals surface area contributed by atoms with Gasteiger partial charge in [-0.2, -0.15) is 0 Å². The summed E-state index contributed by atoms with van der Waals surface area (Å²) in [5.74, 6) is 0.517. The van der Waals surface area contributed by atoms with E-state index in [0.717, 1.165) is 6.42 Å². The third-order valence-corrected chi connectivity index (χ3v) is 1.68. The van der Waals surface area contributed by atoms with Gasteiger partial charge in [-0.05, 0) is 12.3 Å². The van der Waals surface area contributed by atoms with Gasteiger partial charge in [0.05, 0.1) is 0 Å². The number of rotatable bonds is 0. The van der Waals surface area contributed by atoms with Crippen molar-refractivity contribution in [2.45, 2.75) is 13.3 Å². The van der Waals surface area contributed by atoms with Crippen LogP contribution < -0.4 is 24.0 Å². The van der Waals surface area contributed by atoms with Crippen molar-refractivity contribution in [2.24, 2.45) is 5.92 Å². The number of carbonyl (C=O) groups excluding carboxylic acids is 1. The van der Waals surface area contributed by atoms with Gasteiger partial charge >= 0.3 is 18.9 Å². The van der Waals surface area contributed by atoms with Crippen molar-refractivity contribution in [2.75, 3.05) is 13.1 Å². The second-order valence-corrected chi connectivity index (χ2v) is 2.61. The topological polar surface area (TPSA) is 43.4 Å². The molecule has 1 fully saturated rings. The maximum Gasteiger partial charge on any atom is 1.00 e. The quantitative estimate of drug-likeness (QED) is 0.326. The molecule has 1 unspecified atom stereocenters. The molecule has 0 aromatic carbocycles. The average molecular weight is 135 g/mol. The summed E-state index contributed by atoms with van der Waals surface area (Å²) >= 11 is 0. The van der Waals surface area contributed by atoms with E-state index in [2.05, 4.69) is 0 Å². The fraction of sp³-hybridized carbons (Fsp3) is 0.833. The van der Waals surface area contributed by atoms with Gasteiger partial charge in [0.15, 0.2) is 0 Å². The molecule has 0 N–H and O–H groups in total. The van der Waals surface area contributed by atoms with Crippen LogP contribution in [0.2, 0.25) is 0 Å². The number of nitrogens with zero attached hydrogens (tertiary/aromatic N) is 1. The zero-order valence-electron chi connectivity index (χ0n) is 6.46. The third-order valence-electron chi connectivity index (χ3n) is 1.68. The molecule has 1 saturated heterocycles. The molecule has 1 aliphatic heterocycles. The molecule has 52 valence electrons. The summed E-state index contributed by atoms with van der Waals surface area (Å²) in [6, 6.07) is 0. The SMILES string of the molecule is CC1CCN(C(=O)[O-])C1.[Li+]. The van der Waals surface area contributed by atoms with Gasteiger partial charge in [-0.25, -0.2) is 0 Å². The Morgan fingerprint density at radius 3 is 2.50 bits per heavy atom. The van der Waals surface area contributed by atoms with E-state index >= 15 is 0 Å². The van der Waals surface area contributed by atoms with E-state index in [9.17, 15) is 9.90 Å². The maximum atomic E-state index is 10.2. The molecule has 0 aromatic rings. The van der Waals surface area contributed by atoms with Crippen molar-refractivity contribution < 1.29 is 28.8 Å². The number of likely N-dealkylation sites (tertiary alicyclic amines) is 1. The van der Waals surface area contributed by atoms with Crippen LogP contribution in [0.15, 0.2) is 0 Å². The molecule has 3 nitrogen and oxygen atoms in total. The smallest absolute Gasteiger partial charge is 0.530 e. The van der Waals surface area contributed by atoms with Crippen LogP contribution in [-0.4, -0.2) is 24.1 Å². The first kappa shape index (κ1) is 9.87. The monoisotopic (exact) mass is 135 g/mol. The van der Waals surface area contributed by atoms with Crippen LogP contribution in [0.1, 0.15) is 13.3 Å². The standard InChI is InChI=1S/C6H11NO2.Li/c1-5-2-3-7(4-5)6(8)9;/h5H,2-4H2,1H3,(H,8,9);/q;+1/p-1. The molecule has 0 aromatic heterocycles. The molecule has 0 aliphatic carbocycles. The maximum absolute atomic E-state index is 10.2. The largest absolute Gasteiger partial charge is 1.00 e. The summed E-state index contributed by atoms with van der Waals surface area (Å²) in [7, 11) is 0. The van der Waals surface area contributed by atoms with E-state index in [-0.39, 0.29) is 18.9 Å². The molecule has 0 spiro atoms. The summed E-state index contributed by atoms with van der Waals surface area (Å²) in [6.07, 6.45) is -0.0482. The number of hydrogen-bond acceptors (Lipinski definition) is 2. The van der Waals surface area contributed by atoms with Crippen LogP contribution in [0.25, 0.3) is 0 Å². The Labute approximate surface area is 72.6 Å². The summed E-state index contributed by atoms with van der Waals surface area (Å²) in [5.41, 5.74) is 0. The molecule has 10 heavy (non-hydrogen) atoms. The van der Waals surface area contributed by atoms with Crippen LogP contribution in [0.3, 0.4) is 0 Å². The van der Waals surface area contributed by atoms with E-state index in [4.69, 9.17) is 0 Å². The van der Waals surface area contributed by atoms with Gasteiger partial charge in [0.25, 0.3) is 0 Å². The zero-order chi connectivity index (χ0) is 6.85. The van der Waals surface area contributed by atoms with Crippen molar-refractivity contribution in [1.29, 1.82) is 0 Å². The molecule has 0 radical (unpaired) electrons. The number of carbonyl (C=O) groups is 1. The number of hydrogen-bond donors (Lipinski definition) is 0. The first-order chi connectivity index (χ1) is 4.20. The van der Waals surface area contributed by atoms with E-state index in [0.29, 0.717) is 19.0 Å². The molecular weight excluding hydrogens is 125 g/mol. The van der Waals surface area contributed by atoms with Crippen LogP contribution >= 0.6 is 0 Å². The Bertz CT molecular complexity index is 129. The Morgan fingerprint density at radius 2 is 2.30 bits per heavy atom. The number of carboxylic acid groups (broad SMARTS) is 1. The molecule has 0 saturated carbocycles. The van der Waals surface area contributed by atoms with Crippen molar-refractivity contribution in [1.82, 2.24) is 4.90 Å². The van der Waals surface area contributed by atoms with E-state index in [1.54, 1.807) is 0 Å². The van der Waals surface area contributed by atoms with Crippen molar-refractivity contribution in [3.63, 3.8) is 0 Å². The Balaban J connectivity index is 0.000000810. The predicted molar refractivity (Wildman–Crippen MR) is 30.7 cm³/mol. The third kappa shape index (κ3) is 2.24. The van der Waals surface area contributed by atoms with E-state index in [1.165, 1.54) is 4.90 Å². The van der Waals surface area contributed by atoms with Crippen LogP contribution in [-0.2, 0) is 0 Å². The fourth-order valence-corrected chi connectivity index (χ4v) is 1.10. The Kier molecular flexibility index (Phi) is 3.85. The van der Waals surface area contributed by atoms with Gasteiger partial charge in [0.2, 0.25) is 0 Å². The van der Waals surface area contributed by atoms with Crippen molar-refractivity contribution in [3.8, 4) is 0 Å². The van der Waals surface area contributed by atoms with Gasteiger partial charge in [0.1, 0.15) is 6.09 Å². The molecule has 1 heterocycles. The second kappa shape index (κ2) is 3.90. The van der Waals surface area contributed by atoms with Gasteiger partial charge in [-0.15, -0.1) is 0 Å². The normalized spacial score (nSPS) is 24.1. The van der Waals surface area contributed by atoms with Gasteiger partial charge in [0, 0.05) is 13.1 Å². The first-order valence-corrected chi connectivity index (χ1v) is 3.16. The molecule has 1 aliphatic rings. The van der Waals surface area contributed by atoms with Gasteiger partial charge in [-0.3, -0.25) is 0 Å². The Hall–Kier alpha value is -0.133. The predicted octanol–water partition coefficient (Wildman–Crippen LogP) is -3.32. The minimum absolute atomic E-state index is 0. The molecule has 4 heteroatoms. The second-order valence-electron chi connectivity index (χ2n) is 2.61. The van der Waals surface area contributed by atoms with Gasteiger partial charge in [-0.1, -0.05) is 6.92 Å². The minimum atomic E-state index is -1.03. The number of amides is 1. The molecule has 1 rings (SSSR count). The molecule has 1 amide bonds. The fourth-order valence-electron chi connectivity index (χ4n) is 1.10. The van der Waals surface area contributed by atoms with Crippen LogP contribution in [0, 0.1) is 5.92 Å². The van der Waals surface area contributed by atoms with Crippen molar-refractivity contribution >= 4 is 6.09 Å². The summed E-state index contributed by atoms with van der Waals surface area (Å²) < 4.78 is 0. The van der Waals surface area contributed by atoms with Gasteiger partial charge < -0.3 is 14.8 Å². The van der Waals surface area contributed by atoms with Crippen molar-refractivity contribution in [3.05, 3.63) is 0 Å². The molecule has 0 bridgehead atoms. The van der Waals surface area contributed by atoms with Crippen LogP contribution in [0.5, 0.6) is 0 Å². The molecular formula is C6H10LiNO2. The summed E-state index contributed by atoms with van der Waals surface area (Å²) in [6.45, 7) is 3.36. The zero-order valence-corrected chi connectivity index (χ0v) is 6.46. The van der Waals surface area contributed by atoms with E-state index < -0.39 is 6.09 Å². The first-order valence-electron chi connectivity index (χ1n) is 3.16. The Morgan fingerprint density at radius 1 is 1.70 bits per heavy atom. The van der Waals surface area contributed by atoms with E-state index in [1.807, 2.05) is 6.92 Å². The summed E-state index contributed by atoms with van der Waals surface area (Å²) in [4.78, 5) is 11.5. The average Bonchev–Trinajstić information content (AvgIpc) is 2.14. The minimum Gasteiger partial charge on any atom is -0.530 e. The molecule has 1 atom stereocenters.